The fourth-order valence-electron chi connectivity index (χ4n) is 1.67. The molecule has 1 aromatic heterocycles. The van der Waals surface area contributed by atoms with E-state index in [1.807, 2.05) is 12.4 Å². The standard InChI is InChI=1S/C11H18N2O/c1-10(2,3)11(4)8-13-6-5-12-9(13)7-14-11/h5-6H,7-8H2,1-4H3. The lowest BCUT2D eigenvalue weighted by Gasteiger charge is -2.44. The van der Waals surface area contributed by atoms with Crippen LogP contribution in [-0.2, 0) is 17.9 Å². The monoisotopic (exact) mass is 194 g/mol. The van der Waals surface area contributed by atoms with E-state index in [1.165, 1.54) is 0 Å². The zero-order valence-corrected chi connectivity index (χ0v) is 9.37. The number of nitrogens with zero attached hydrogens (tertiary/aromatic N) is 2. The molecular weight excluding hydrogens is 176 g/mol. The summed E-state index contributed by atoms with van der Waals surface area (Å²) in [6, 6.07) is 0. The van der Waals surface area contributed by atoms with Crippen LogP contribution in [0, 0.1) is 5.41 Å². The van der Waals surface area contributed by atoms with Crippen molar-refractivity contribution in [2.24, 2.45) is 5.41 Å². The molecule has 1 aliphatic rings. The van der Waals surface area contributed by atoms with Crippen LogP contribution in [0.2, 0.25) is 0 Å². The summed E-state index contributed by atoms with van der Waals surface area (Å²) in [6.45, 7) is 10.3. The molecule has 2 rings (SSSR count). The molecular formula is C11H18N2O. The van der Waals surface area contributed by atoms with Gasteiger partial charge in [-0.05, 0) is 12.3 Å². The molecule has 1 aliphatic heterocycles. The zero-order chi connectivity index (χ0) is 10.4. The molecule has 14 heavy (non-hydrogen) atoms. The number of fused-ring (bicyclic) bond motifs is 1. The van der Waals surface area contributed by atoms with Gasteiger partial charge >= 0.3 is 0 Å². The fraction of sp³-hybridized carbons (Fsp3) is 0.727. The van der Waals surface area contributed by atoms with Crippen molar-refractivity contribution in [3.05, 3.63) is 18.2 Å². The number of hydrogen-bond acceptors (Lipinski definition) is 2. The molecule has 0 amide bonds. The van der Waals surface area contributed by atoms with Crippen LogP contribution in [0.5, 0.6) is 0 Å². The largest absolute Gasteiger partial charge is 0.365 e. The molecule has 0 N–H and O–H groups in total. The molecule has 0 fully saturated rings. The highest BCUT2D eigenvalue weighted by atomic mass is 16.5. The molecule has 0 radical (unpaired) electrons. The van der Waals surface area contributed by atoms with E-state index in [9.17, 15) is 0 Å². The maximum Gasteiger partial charge on any atom is 0.134 e. The van der Waals surface area contributed by atoms with E-state index in [0.29, 0.717) is 6.61 Å². The smallest absolute Gasteiger partial charge is 0.134 e. The Morgan fingerprint density at radius 2 is 2.21 bits per heavy atom. The lowest BCUT2D eigenvalue weighted by molar-refractivity contribution is -0.141. The van der Waals surface area contributed by atoms with Crippen LogP contribution < -0.4 is 0 Å². The van der Waals surface area contributed by atoms with Crippen molar-refractivity contribution < 1.29 is 4.74 Å². The molecule has 2 heterocycles. The van der Waals surface area contributed by atoms with Crippen molar-refractivity contribution in [2.45, 2.75) is 46.4 Å². The Hall–Kier alpha value is -0.830. The van der Waals surface area contributed by atoms with Crippen LogP contribution in [0.4, 0.5) is 0 Å². The number of ether oxygens (including phenoxy) is 1. The van der Waals surface area contributed by atoms with Crippen molar-refractivity contribution in [3.8, 4) is 0 Å². The number of hydrogen-bond donors (Lipinski definition) is 0. The van der Waals surface area contributed by atoms with Crippen molar-refractivity contribution in [3.63, 3.8) is 0 Å². The van der Waals surface area contributed by atoms with Crippen LogP contribution >= 0.6 is 0 Å². The highest BCUT2D eigenvalue weighted by Gasteiger charge is 2.41. The molecule has 1 aromatic rings. The number of aromatic nitrogens is 2. The summed E-state index contributed by atoms with van der Waals surface area (Å²) < 4.78 is 8.12. The predicted molar refractivity (Wildman–Crippen MR) is 54.9 cm³/mol. The van der Waals surface area contributed by atoms with Gasteiger partial charge in [0.1, 0.15) is 12.4 Å². The molecule has 0 aliphatic carbocycles. The van der Waals surface area contributed by atoms with Crippen LogP contribution in [0.15, 0.2) is 12.4 Å². The average molecular weight is 194 g/mol. The van der Waals surface area contributed by atoms with Crippen LogP contribution in [0.3, 0.4) is 0 Å². The first-order valence-electron chi connectivity index (χ1n) is 5.06. The van der Waals surface area contributed by atoms with E-state index < -0.39 is 0 Å². The second kappa shape index (κ2) is 2.83. The Morgan fingerprint density at radius 1 is 1.50 bits per heavy atom. The van der Waals surface area contributed by atoms with Gasteiger partial charge in [-0.2, -0.15) is 0 Å². The minimum Gasteiger partial charge on any atom is -0.365 e. The quantitative estimate of drug-likeness (QED) is 0.633. The van der Waals surface area contributed by atoms with E-state index >= 15 is 0 Å². The average Bonchev–Trinajstić information content (AvgIpc) is 2.48. The lowest BCUT2D eigenvalue weighted by Crippen LogP contribution is -2.48. The van der Waals surface area contributed by atoms with Crippen LogP contribution in [0.25, 0.3) is 0 Å². The summed E-state index contributed by atoms with van der Waals surface area (Å²) in [4.78, 5) is 4.24. The molecule has 1 unspecified atom stereocenters. The third-order valence-corrected chi connectivity index (χ3v) is 3.38. The Bertz CT molecular complexity index is 337. The van der Waals surface area contributed by atoms with E-state index in [-0.39, 0.29) is 11.0 Å². The summed E-state index contributed by atoms with van der Waals surface area (Å²) >= 11 is 0. The Labute approximate surface area is 85.1 Å². The van der Waals surface area contributed by atoms with Crippen molar-refractivity contribution in [1.29, 1.82) is 0 Å². The maximum absolute atomic E-state index is 5.93. The summed E-state index contributed by atoms with van der Waals surface area (Å²) in [6.07, 6.45) is 3.87. The van der Waals surface area contributed by atoms with Gasteiger partial charge in [0.25, 0.3) is 0 Å². The van der Waals surface area contributed by atoms with Crippen molar-refractivity contribution in [2.75, 3.05) is 0 Å². The summed E-state index contributed by atoms with van der Waals surface area (Å²) in [5, 5.41) is 0. The summed E-state index contributed by atoms with van der Waals surface area (Å²) in [5.74, 6) is 1.03. The summed E-state index contributed by atoms with van der Waals surface area (Å²) in [5.41, 5.74) is 0.0512. The Balaban J connectivity index is 2.30. The first-order valence-corrected chi connectivity index (χ1v) is 5.06. The third kappa shape index (κ3) is 1.36. The minimum atomic E-state index is -0.0965. The lowest BCUT2D eigenvalue weighted by atomic mass is 9.77. The molecule has 0 spiro atoms. The second-order valence-electron chi connectivity index (χ2n) is 5.24. The first kappa shape index (κ1) is 9.71. The SMILES string of the molecule is CC(C)(C)C1(C)Cn2ccnc2CO1. The number of imidazole rings is 1. The van der Waals surface area contributed by atoms with E-state index in [2.05, 4.69) is 37.2 Å². The van der Waals surface area contributed by atoms with Gasteiger partial charge in [-0.25, -0.2) is 4.98 Å². The number of rotatable bonds is 0. The highest BCUT2D eigenvalue weighted by Crippen LogP contribution is 2.37. The van der Waals surface area contributed by atoms with Gasteiger partial charge in [0.2, 0.25) is 0 Å². The van der Waals surface area contributed by atoms with Gasteiger partial charge in [0.05, 0.1) is 12.1 Å². The topological polar surface area (TPSA) is 27.1 Å². The van der Waals surface area contributed by atoms with Crippen LogP contribution in [-0.4, -0.2) is 15.2 Å². The molecule has 3 nitrogen and oxygen atoms in total. The van der Waals surface area contributed by atoms with E-state index in [0.717, 1.165) is 12.4 Å². The molecule has 3 heteroatoms. The van der Waals surface area contributed by atoms with E-state index in [4.69, 9.17) is 4.74 Å². The van der Waals surface area contributed by atoms with Crippen LogP contribution in [0.1, 0.15) is 33.5 Å². The van der Waals surface area contributed by atoms with Crippen molar-refractivity contribution in [1.82, 2.24) is 9.55 Å². The highest BCUT2D eigenvalue weighted by molar-refractivity contribution is 5.00. The predicted octanol–water partition coefficient (Wildman–Crippen LogP) is 2.22. The third-order valence-electron chi connectivity index (χ3n) is 3.38. The molecule has 1 atom stereocenters. The molecule has 0 saturated heterocycles. The van der Waals surface area contributed by atoms with Gasteiger partial charge in [-0.15, -0.1) is 0 Å². The normalized spacial score (nSPS) is 27.4. The maximum atomic E-state index is 5.93. The van der Waals surface area contributed by atoms with E-state index in [1.54, 1.807) is 0 Å². The molecule has 0 aromatic carbocycles. The molecule has 0 bridgehead atoms. The minimum absolute atomic E-state index is 0.0965. The zero-order valence-electron chi connectivity index (χ0n) is 9.37. The molecule has 78 valence electrons. The molecule has 0 saturated carbocycles. The second-order valence-corrected chi connectivity index (χ2v) is 5.24. The Kier molecular flexibility index (Phi) is 1.96. The van der Waals surface area contributed by atoms with Gasteiger partial charge in [-0.1, -0.05) is 20.8 Å². The van der Waals surface area contributed by atoms with Gasteiger partial charge in [-0.3, -0.25) is 0 Å². The van der Waals surface area contributed by atoms with Gasteiger partial charge in [0.15, 0.2) is 0 Å². The van der Waals surface area contributed by atoms with Gasteiger partial charge in [0, 0.05) is 12.4 Å². The first-order chi connectivity index (χ1) is 6.42. The van der Waals surface area contributed by atoms with Gasteiger partial charge < -0.3 is 9.30 Å². The van der Waals surface area contributed by atoms with Crippen molar-refractivity contribution >= 4 is 0 Å². The summed E-state index contributed by atoms with van der Waals surface area (Å²) in [7, 11) is 0. The fourth-order valence-corrected chi connectivity index (χ4v) is 1.67. The Morgan fingerprint density at radius 3 is 2.86 bits per heavy atom.